The zero-order valence-corrected chi connectivity index (χ0v) is 9.54. The fourth-order valence-electron chi connectivity index (χ4n) is 1.58. The van der Waals surface area contributed by atoms with Crippen LogP contribution in [0.25, 0.3) is 0 Å². The highest BCUT2D eigenvalue weighted by Gasteiger charge is 1.97. The average Bonchev–Trinajstić information content (AvgIpc) is 2.33. The number of benzene rings is 2. The van der Waals surface area contributed by atoms with E-state index in [-0.39, 0.29) is 5.82 Å². The molecule has 0 saturated heterocycles. The van der Waals surface area contributed by atoms with Crippen LogP contribution >= 0.6 is 11.6 Å². The zero-order chi connectivity index (χ0) is 11.4. The Morgan fingerprint density at radius 2 is 1.19 bits per heavy atom. The fourth-order valence-corrected chi connectivity index (χ4v) is 1.76. The number of rotatable bonds is 3. The molecule has 0 atom stereocenters. The standard InChI is InChI=1S/C14H12ClF/c15-10-13-3-1-11(2-4-13)9-12-5-7-14(16)8-6-12/h1-8H,9-10H2. The van der Waals surface area contributed by atoms with Crippen molar-refractivity contribution in [3.8, 4) is 0 Å². The van der Waals surface area contributed by atoms with Crippen LogP contribution in [0.4, 0.5) is 4.39 Å². The fraction of sp³-hybridized carbons (Fsp3) is 0.143. The van der Waals surface area contributed by atoms with Crippen LogP contribution in [0.3, 0.4) is 0 Å². The number of alkyl halides is 1. The summed E-state index contributed by atoms with van der Waals surface area (Å²) in [6.07, 6.45) is 0.822. The first-order valence-electron chi connectivity index (χ1n) is 5.16. The predicted molar refractivity (Wildman–Crippen MR) is 65.2 cm³/mol. The second-order valence-corrected chi connectivity index (χ2v) is 4.02. The van der Waals surface area contributed by atoms with Crippen molar-refractivity contribution in [3.05, 3.63) is 71.0 Å². The second-order valence-electron chi connectivity index (χ2n) is 3.75. The summed E-state index contributed by atoms with van der Waals surface area (Å²) < 4.78 is 12.7. The van der Waals surface area contributed by atoms with E-state index < -0.39 is 0 Å². The molecule has 2 aromatic rings. The lowest BCUT2D eigenvalue weighted by Crippen LogP contribution is -1.89. The molecular formula is C14H12ClF. The summed E-state index contributed by atoms with van der Waals surface area (Å²) in [7, 11) is 0. The van der Waals surface area contributed by atoms with E-state index in [1.54, 1.807) is 0 Å². The summed E-state index contributed by atoms with van der Waals surface area (Å²) in [5.74, 6) is 0.345. The number of hydrogen-bond acceptors (Lipinski definition) is 0. The maximum Gasteiger partial charge on any atom is 0.123 e. The highest BCUT2D eigenvalue weighted by Crippen LogP contribution is 2.12. The molecule has 2 aromatic carbocycles. The smallest absolute Gasteiger partial charge is 0.123 e. The predicted octanol–water partition coefficient (Wildman–Crippen LogP) is 4.16. The summed E-state index contributed by atoms with van der Waals surface area (Å²) in [4.78, 5) is 0. The van der Waals surface area contributed by atoms with Gasteiger partial charge >= 0.3 is 0 Å². The van der Waals surface area contributed by atoms with Gasteiger partial charge in [0.05, 0.1) is 0 Å². The Kier molecular flexibility index (Phi) is 3.58. The van der Waals surface area contributed by atoms with E-state index in [0.29, 0.717) is 5.88 Å². The molecule has 0 aromatic heterocycles. The molecule has 16 heavy (non-hydrogen) atoms. The Morgan fingerprint density at radius 1 is 0.750 bits per heavy atom. The molecule has 0 nitrogen and oxygen atoms in total. The number of halogens is 2. The molecule has 2 rings (SSSR count). The van der Waals surface area contributed by atoms with Gasteiger partial charge in [0.25, 0.3) is 0 Å². The lowest BCUT2D eigenvalue weighted by molar-refractivity contribution is 0.627. The lowest BCUT2D eigenvalue weighted by atomic mass is 10.0. The van der Waals surface area contributed by atoms with E-state index in [1.807, 2.05) is 24.3 Å². The molecule has 0 bridgehead atoms. The molecule has 0 aliphatic heterocycles. The third-order valence-electron chi connectivity index (χ3n) is 2.50. The lowest BCUT2D eigenvalue weighted by Gasteiger charge is -2.03. The van der Waals surface area contributed by atoms with Gasteiger partial charge in [0.15, 0.2) is 0 Å². The average molecular weight is 235 g/mol. The van der Waals surface area contributed by atoms with E-state index in [1.165, 1.54) is 17.7 Å². The number of hydrogen-bond donors (Lipinski definition) is 0. The zero-order valence-electron chi connectivity index (χ0n) is 8.79. The van der Waals surface area contributed by atoms with Gasteiger partial charge in [0, 0.05) is 5.88 Å². The van der Waals surface area contributed by atoms with Crippen LogP contribution in [0.5, 0.6) is 0 Å². The van der Waals surface area contributed by atoms with E-state index in [4.69, 9.17) is 11.6 Å². The van der Waals surface area contributed by atoms with Gasteiger partial charge in [-0.1, -0.05) is 36.4 Å². The molecule has 0 fully saturated rings. The SMILES string of the molecule is Fc1ccc(Cc2ccc(CCl)cc2)cc1. The van der Waals surface area contributed by atoms with E-state index in [9.17, 15) is 4.39 Å². The molecule has 0 aliphatic carbocycles. The molecule has 0 N–H and O–H groups in total. The van der Waals surface area contributed by atoms with E-state index >= 15 is 0 Å². The molecule has 82 valence electrons. The Labute approximate surface area is 99.7 Å². The van der Waals surface area contributed by atoms with Gasteiger partial charge in [-0.15, -0.1) is 11.6 Å². The summed E-state index contributed by atoms with van der Waals surface area (Å²) in [5, 5.41) is 0. The van der Waals surface area contributed by atoms with Crippen LogP contribution in [-0.2, 0) is 12.3 Å². The molecule has 0 aliphatic rings. The Balaban J connectivity index is 2.11. The van der Waals surface area contributed by atoms with E-state index in [0.717, 1.165) is 17.5 Å². The van der Waals surface area contributed by atoms with Crippen molar-refractivity contribution < 1.29 is 4.39 Å². The summed E-state index contributed by atoms with van der Waals surface area (Å²) >= 11 is 5.72. The van der Waals surface area contributed by atoms with Gasteiger partial charge in [-0.3, -0.25) is 0 Å². The van der Waals surface area contributed by atoms with Crippen LogP contribution < -0.4 is 0 Å². The molecule has 0 spiro atoms. The van der Waals surface area contributed by atoms with Gasteiger partial charge < -0.3 is 0 Å². The first kappa shape index (κ1) is 11.2. The summed E-state index contributed by atoms with van der Waals surface area (Å²) in [6, 6.07) is 14.8. The Morgan fingerprint density at radius 3 is 1.69 bits per heavy atom. The van der Waals surface area contributed by atoms with Gasteiger partial charge in [-0.05, 0) is 35.2 Å². The third kappa shape index (κ3) is 2.83. The summed E-state index contributed by atoms with van der Waals surface area (Å²) in [6.45, 7) is 0. The topological polar surface area (TPSA) is 0 Å². The van der Waals surface area contributed by atoms with Crippen molar-refractivity contribution in [1.82, 2.24) is 0 Å². The Bertz CT molecular complexity index is 445. The monoisotopic (exact) mass is 234 g/mol. The van der Waals surface area contributed by atoms with Crippen LogP contribution in [-0.4, -0.2) is 0 Å². The van der Waals surface area contributed by atoms with Crippen LogP contribution in [0, 0.1) is 5.82 Å². The molecule has 0 radical (unpaired) electrons. The molecular weight excluding hydrogens is 223 g/mol. The van der Waals surface area contributed by atoms with Gasteiger partial charge in [0.1, 0.15) is 5.82 Å². The maximum atomic E-state index is 12.7. The van der Waals surface area contributed by atoms with Crippen molar-refractivity contribution in [2.24, 2.45) is 0 Å². The van der Waals surface area contributed by atoms with Crippen molar-refractivity contribution in [1.29, 1.82) is 0 Å². The first-order chi connectivity index (χ1) is 7.78. The van der Waals surface area contributed by atoms with Crippen molar-refractivity contribution in [3.63, 3.8) is 0 Å². The molecule has 0 unspecified atom stereocenters. The summed E-state index contributed by atoms with van der Waals surface area (Å²) in [5.41, 5.74) is 3.44. The minimum Gasteiger partial charge on any atom is -0.207 e. The van der Waals surface area contributed by atoms with Crippen molar-refractivity contribution in [2.45, 2.75) is 12.3 Å². The normalized spacial score (nSPS) is 10.4. The van der Waals surface area contributed by atoms with Crippen LogP contribution in [0.15, 0.2) is 48.5 Å². The van der Waals surface area contributed by atoms with Gasteiger partial charge in [-0.25, -0.2) is 4.39 Å². The largest absolute Gasteiger partial charge is 0.207 e. The minimum absolute atomic E-state index is 0.193. The van der Waals surface area contributed by atoms with Gasteiger partial charge in [0.2, 0.25) is 0 Å². The van der Waals surface area contributed by atoms with Gasteiger partial charge in [-0.2, -0.15) is 0 Å². The van der Waals surface area contributed by atoms with Crippen molar-refractivity contribution >= 4 is 11.6 Å². The minimum atomic E-state index is -0.193. The molecule has 2 heteroatoms. The first-order valence-corrected chi connectivity index (χ1v) is 5.69. The molecule has 0 saturated carbocycles. The van der Waals surface area contributed by atoms with E-state index in [2.05, 4.69) is 12.1 Å². The third-order valence-corrected chi connectivity index (χ3v) is 2.81. The molecule has 0 heterocycles. The van der Waals surface area contributed by atoms with Crippen LogP contribution in [0.1, 0.15) is 16.7 Å². The Hall–Kier alpha value is -1.34. The highest BCUT2D eigenvalue weighted by molar-refractivity contribution is 6.17. The molecule has 0 amide bonds. The van der Waals surface area contributed by atoms with Crippen LogP contribution in [0.2, 0.25) is 0 Å². The second kappa shape index (κ2) is 5.13. The quantitative estimate of drug-likeness (QED) is 0.700. The highest BCUT2D eigenvalue weighted by atomic mass is 35.5. The van der Waals surface area contributed by atoms with Crippen molar-refractivity contribution in [2.75, 3.05) is 0 Å². The maximum absolute atomic E-state index is 12.7.